The Labute approximate surface area is 187 Å². The molecule has 0 aliphatic heterocycles. The minimum Gasteiger partial charge on any atom is -0.496 e. The van der Waals surface area contributed by atoms with Crippen molar-refractivity contribution in [3.05, 3.63) is 69.1 Å². The molecule has 1 saturated carbocycles. The third-order valence-electron chi connectivity index (χ3n) is 5.49. The Hall–Kier alpha value is -3.63. The largest absolute Gasteiger partial charge is 0.496 e. The van der Waals surface area contributed by atoms with Gasteiger partial charge in [0, 0.05) is 12.6 Å². The number of ether oxygens (including phenoxy) is 1. The summed E-state index contributed by atoms with van der Waals surface area (Å²) in [5, 5.41) is 11.7. The van der Waals surface area contributed by atoms with Gasteiger partial charge in [-0.25, -0.2) is 4.79 Å². The van der Waals surface area contributed by atoms with Crippen LogP contribution in [0.15, 0.2) is 46.3 Å². The Morgan fingerprint density at radius 1 is 1.21 bits per heavy atom. The first-order chi connectivity index (χ1) is 15.7. The van der Waals surface area contributed by atoms with E-state index in [1.54, 1.807) is 13.0 Å². The highest BCUT2D eigenvalue weighted by molar-refractivity contribution is 5.98. The zero-order valence-electron chi connectivity index (χ0n) is 18.3. The molecule has 0 bridgehead atoms. The molecular formula is C22H22F3N5O3. The number of aromatic nitrogens is 4. The zero-order valence-corrected chi connectivity index (χ0v) is 18.3. The van der Waals surface area contributed by atoms with E-state index >= 15 is 0 Å². The van der Waals surface area contributed by atoms with Gasteiger partial charge in [0.15, 0.2) is 0 Å². The first kappa shape index (κ1) is 22.6. The van der Waals surface area contributed by atoms with Crippen LogP contribution in [0, 0.1) is 0 Å². The number of hydrogen-bond donors (Lipinski definition) is 0. The Bertz CT molecular complexity index is 1260. The third kappa shape index (κ3) is 4.62. The summed E-state index contributed by atoms with van der Waals surface area (Å²) in [5.74, 6) is 0.0920. The monoisotopic (exact) mass is 461 g/mol. The van der Waals surface area contributed by atoms with Gasteiger partial charge >= 0.3 is 11.9 Å². The summed E-state index contributed by atoms with van der Waals surface area (Å²) in [4.78, 5) is 17.9. The van der Waals surface area contributed by atoms with E-state index in [0.29, 0.717) is 11.6 Å². The molecule has 1 aliphatic carbocycles. The molecule has 0 N–H and O–H groups in total. The van der Waals surface area contributed by atoms with Crippen LogP contribution in [-0.4, -0.2) is 32.6 Å². The third-order valence-corrected chi connectivity index (χ3v) is 5.49. The fourth-order valence-corrected chi connectivity index (χ4v) is 3.59. The molecule has 3 aromatic rings. The molecule has 1 fully saturated rings. The van der Waals surface area contributed by atoms with Gasteiger partial charge in [-0.05, 0) is 71.5 Å². The maximum Gasteiger partial charge on any atom is 0.419 e. The molecule has 0 unspecified atom stereocenters. The topological polar surface area (TPSA) is 83.5 Å². The molecule has 11 heteroatoms. The first-order valence-electron chi connectivity index (χ1n) is 10.2. The Morgan fingerprint density at radius 2 is 1.97 bits per heavy atom. The molecule has 0 amide bonds. The molecule has 0 atom stereocenters. The highest BCUT2D eigenvalue weighted by Gasteiger charge is 2.34. The number of hydrogen-bond acceptors (Lipinski definition) is 6. The van der Waals surface area contributed by atoms with Crippen LogP contribution in [0.4, 0.5) is 13.2 Å². The summed E-state index contributed by atoms with van der Waals surface area (Å²) in [6.45, 7) is 1.58. The van der Waals surface area contributed by atoms with Crippen LogP contribution in [0.2, 0.25) is 0 Å². The second-order valence-corrected chi connectivity index (χ2v) is 7.78. The van der Waals surface area contributed by atoms with E-state index in [-0.39, 0.29) is 23.6 Å². The SMILES string of the molecule is COc1ccc(/C(C)=N\OCc2c(C3CC3)cccc2-n2nnn(C)c2=O)cc1C(F)(F)F. The van der Waals surface area contributed by atoms with Gasteiger partial charge in [-0.2, -0.15) is 22.5 Å². The molecule has 2 aromatic carbocycles. The van der Waals surface area contributed by atoms with Crippen LogP contribution >= 0.6 is 0 Å². The predicted molar refractivity (Wildman–Crippen MR) is 114 cm³/mol. The minimum absolute atomic E-state index is 0.0185. The molecule has 0 radical (unpaired) electrons. The lowest BCUT2D eigenvalue weighted by atomic mass is 10.0. The second kappa shape index (κ2) is 8.72. The van der Waals surface area contributed by atoms with Crippen molar-refractivity contribution in [2.45, 2.75) is 38.5 Å². The fraction of sp³-hybridized carbons (Fsp3) is 0.364. The number of methoxy groups -OCH3 is 1. The number of aryl methyl sites for hydroxylation is 1. The molecule has 1 heterocycles. The molecule has 1 aromatic heterocycles. The van der Waals surface area contributed by atoms with Crippen LogP contribution in [-0.2, 0) is 24.7 Å². The normalized spacial score (nSPS) is 14.4. The van der Waals surface area contributed by atoms with Crippen molar-refractivity contribution in [2.75, 3.05) is 7.11 Å². The highest BCUT2D eigenvalue weighted by atomic mass is 19.4. The number of tetrazole rings is 1. The van der Waals surface area contributed by atoms with Crippen molar-refractivity contribution in [2.24, 2.45) is 12.2 Å². The van der Waals surface area contributed by atoms with Crippen molar-refractivity contribution in [3.63, 3.8) is 0 Å². The average molecular weight is 461 g/mol. The smallest absolute Gasteiger partial charge is 0.419 e. The van der Waals surface area contributed by atoms with Crippen molar-refractivity contribution < 1.29 is 22.7 Å². The highest BCUT2D eigenvalue weighted by Crippen LogP contribution is 2.43. The number of alkyl halides is 3. The molecule has 33 heavy (non-hydrogen) atoms. The molecule has 4 rings (SSSR count). The van der Waals surface area contributed by atoms with Crippen molar-refractivity contribution in [1.29, 1.82) is 0 Å². The Balaban J connectivity index is 1.62. The number of rotatable bonds is 7. The summed E-state index contributed by atoms with van der Waals surface area (Å²) < 4.78 is 47.1. The molecule has 8 nitrogen and oxygen atoms in total. The van der Waals surface area contributed by atoms with Crippen LogP contribution in [0.1, 0.15) is 47.9 Å². The molecule has 0 spiro atoms. The van der Waals surface area contributed by atoms with Gasteiger partial charge in [0.2, 0.25) is 0 Å². The predicted octanol–water partition coefficient (Wildman–Crippen LogP) is 3.81. The summed E-state index contributed by atoms with van der Waals surface area (Å²) >= 11 is 0. The Kier molecular flexibility index (Phi) is 5.96. The van der Waals surface area contributed by atoms with Crippen LogP contribution in [0.5, 0.6) is 5.75 Å². The van der Waals surface area contributed by atoms with Gasteiger partial charge in [0.1, 0.15) is 12.4 Å². The van der Waals surface area contributed by atoms with Gasteiger partial charge in [0.05, 0.1) is 24.1 Å². The number of oxime groups is 1. The fourth-order valence-electron chi connectivity index (χ4n) is 3.59. The molecular weight excluding hydrogens is 439 g/mol. The molecule has 0 saturated heterocycles. The lowest BCUT2D eigenvalue weighted by Gasteiger charge is -2.14. The van der Waals surface area contributed by atoms with E-state index in [9.17, 15) is 18.0 Å². The lowest BCUT2D eigenvalue weighted by molar-refractivity contribution is -0.138. The lowest BCUT2D eigenvalue weighted by Crippen LogP contribution is -2.23. The molecule has 174 valence electrons. The average Bonchev–Trinajstić information content (AvgIpc) is 3.58. The van der Waals surface area contributed by atoms with Gasteiger partial charge in [-0.15, -0.1) is 0 Å². The van der Waals surface area contributed by atoms with E-state index in [2.05, 4.69) is 15.6 Å². The summed E-state index contributed by atoms with van der Waals surface area (Å²) in [6.07, 6.45) is -2.51. The summed E-state index contributed by atoms with van der Waals surface area (Å²) in [7, 11) is 2.69. The van der Waals surface area contributed by atoms with Crippen molar-refractivity contribution in [3.8, 4) is 11.4 Å². The number of nitrogens with zero attached hydrogens (tertiary/aromatic N) is 5. The first-order valence-corrected chi connectivity index (χ1v) is 10.2. The van der Waals surface area contributed by atoms with E-state index in [4.69, 9.17) is 9.57 Å². The van der Waals surface area contributed by atoms with Crippen LogP contribution in [0.3, 0.4) is 0 Å². The maximum atomic E-state index is 13.3. The van der Waals surface area contributed by atoms with Crippen LogP contribution in [0.25, 0.3) is 5.69 Å². The minimum atomic E-state index is -4.56. The number of benzene rings is 2. The van der Waals surface area contributed by atoms with Gasteiger partial charge in [-0.1, -0.05) is 17.3 Å². The molecule has 1 aliphatic rings. The summed E-state index contributed by atoms with van der Waals surface area (Å²) in [6, 6.07) is 9.27. The van der Waals surface area contributed by atoms with Gasteiger partial charge in [-0.3, -0.25) is 0 Å². The standard InChI is InChI=1S/C22H22F3N5O3/c1-13(15-9-10-20(32-3)18(11-15)22(23,24)25)26-33-12-17-16(14-7-8-14)5-4-6-19(17)30-21(31)29(2)27-28-30/h4-6,9-11,14H,7-8,12H2,1-3H3/b26-13-. The zero-order chi connectivity index (χ0) is 23.8. The summed E-state index contributed by atoms with van der Waals surface area (Å²) in [5.41, 5.74) is 1.54. The van der Waals surface area contributed by atoms with Crippen molar-refractivity contribution >= 4 is 5.71 Å². The maximum absolute atomic E-state index is 13.3. The van der Waals surface area contributed by atoms with Crippen molar-refractivity contribution in [1.82, 2.24) is 19.8 Å². The Morgan fingerprint density at radius 3 is 2.58 bits per heavy atom. The van der Waals surface area contributed by atoms with E-state index in [1.807, 2.05) is 12.1 Å². The second-order valence-electron chi connectivity index (χ2n) is 7.78. The van der Waals surface area contributed by atoms with Gasteiger partial charge < -0.3 is 9.57 Å². The quantitative estimate of drug-likeness (QED) is 0.395. The number of halogens is 3. The van der Waals surface area contributed by atoms with Gasteiger partial charge in [0.25, 0.3) is 0 Å². The van der Waals surface area contributed by atoms with Crippen LogP contribution < -0.4 is 10.4 Å². The van der Waals surface area contributed by atoms with E-state index in [1.165, 1.54) is 31.0 Å². The van der Waals surface area contributed by atoms with E-state index < -0.39 is 17.4 Å². The van der Waals surface area contributed by atoms with E-state index in [0.717, 1.165) is 34.7 Å².